The summed E-state index contributed by atoms with van der Waals surface area (Å²) in [4.78, 5) is 35.5. The van der Waals surface area contributed by atoms with E-state index < -0.39 is 5.97 Å². The molecule has 1 heterocycles. The highest BCUT2D eigenvalue weighted by atomic mass is 16.5. The second-order valence-electron chi connectivity index (χ2n) is 6.69. The smallest absolute Gasteiger partial charge is 0.374 e. The number of ether oxygens (including phenoxy) is 2. The van der Waals surface area contributed by atoms with Crippen molar-refractivity contribution in [3.05, 3.63) is 77.0 Å². The molecule has 0 aliphatic carbocycles. The van der Waals surface area contributed by atoms with Crippen LogP contribution >= 0.6 is 0 Å². The van der Waals surface area contributed by atoms with Crippen molar-refractivity contribution in [3.63, 3.8) is 0 Å². The molecule has 0 amide bonds. The Morgan fingerprint density at radius 1 is 0.867 bits per heavy atom. The first kappa shape index (κ1) is 21.0. The van der Waals surface area contributed by atoms with Crippen LogP contribution in [0.4, 0.5) is 0 Å². The lowest BCUT2D eigenvalue weighted by Gasteiger charge is -2.11. The number of Topliss-reactive ketones (excluding diaryl/α,β-unsaturated/α-hetero) is 2. The molecule has 0 aliphatic heterocycles. The first-order valence-electron chi connectivity index (χ1n) is 9.54. The van der Waals surface area contributed by atoms with Gasteiger partial charge in [0.05, 0.1) is 6.61 Å². The number of furan rings is 1. The van der Waals surface area contributed by atoms with Gasteiger partial charge in [-0.05, 0) is 51.1 Å². The molecule has 2 aromatic carbocycles. The van der Waals surface area contributed by atoms with Crippen LogP contribution in [0.25, 0.3) is 11.3 Å². The Kier molecular flexibility index (Phi) is 6.47. The van der Waals surface area contributed by atoms with Crippen molar-refractivity contribution in [2.24, 2.45) is 0 Å². The highest BCUT2D eigenvalue weighted by Crippen LogP contribution is 2.25. The summed E-state index contributed by atoms with van der Waals surface area (Å²) in [6.45, 7) is 5.21. The second kappa shape index (κ2) is 9.22. The quantitative estimate of drug-likeness (QED) is 0.382. The maximum Gasteiger partial charge on any atom is 0.374 e. The zero-order valence-electron chi connectivity index (χ0n) is 17.1. The summed E-state index contributed by atoms with van der Waals surface area (Å²) in [6.07, 6.45) is 0. The van der Waals surface area contributed by atoms with Crippen molar-refractivity contribution >= 4 is 17.5 Å². The van der Waals surface area contributed by atoms with E-state index >= 15 is 0 Å². The van der Waals surface area contributed by atoms with Crippen LogP contribution < -0.4 is 4.74 Å². The zero-order valence-corrected chi connectivity index (χ0v) is 17.1. The molecule has 0 spiro atoms. The molecule has 3 rings (SSSR count). The van der Waals surface area contributed by atoms with E-state index in [1.165, 1.54) is 19.9 Å². The van der Waals surface area contributed by atoms with Crippen molar-refractivity contribution in [3.8, 4) is 17.1 Å². The maximum atomic E-state index is 12.4. The molecule has 0 aliphatic rings. The third-order valence-electron chi connectivity index (χ3n) is 4.51. The first-order valence-corrected chi connectivity index (χ1v) is 9.54. The van der Waals surface area contributed by atoms with E-state index in [0.29, 0.717) is 34.8 Å². The van der Waals surface area contributed by atoms with Gasteiger partial charge < -0.3 is 13.9 Å². The van der Waals surface area contributed by atoms with E-state index in [0.717, 1.165) is 5.56 Å². The van der Waals surface area contributed by atoms with Crippen molar-refractivity contribution in [2.75, 3.05) is 6.61 Å². The first-order chi connectivity index (χ1) is 14.4. The highest BCUT2D eigenvalue weighted by molar-refractivity contribution is 5.95. The van der Waals surface area contributed by atoms with Gasteiger partial charge in [-0.2, -0.15) is 0 Å². The van der Waals surface area contributed by atoms with Crippen LogP contribution in [0.5, 0.6) is 5.75 Å². The molecule has 0 fully saturated rings. The summed E-state index contributed by atoms with van der Waals surface area (Å²) in [5.74, 6) is 0.368. The van der Waals surface area contributed by atoms with Gasteiger partial charge in [-0.3, -0.25) is 9.59 Å². The number of benzene rings is 2. The second-order valence-corrected chi connectivity index (χ2v) is 6.69. The van der Waals surface area contributed by atoms with Crippen LogP contribution in [-0.4, -0.2) is 24.1 Å². The Balaban J connectivity index is 1.72. The van der Waals surface area contributed by atoms with Crippen molar-refractivity contribution in [1.29, 1.82) is 0 Å². The van der Waals surface area contributed by atoms with Crippen LogP contribution in [0.15, 0.2) is 59.0 Å². The number of ketones is 2. The monoisotopic (exact) mass is 406 g/mol. The lowest BCUT2D eigenvalue weighted by molar-refractivity contribution is 0.0434. The number of carbonyl (C=O) groups excluding carboxylic acids is 3. The predicted octanol–water partition coefficient (Wildman–Crippen LogP) is 5.11. The van der Waals surface area contributed by atoms with Crippen molar-refractivity contribution < 1.29 is 28.3 Å². The Bertz CT molecular complexity index is 1080. The fourth-order valence-electron chi connectivity index (χ4n) is 2.89. The third kappa shape index (κ3) is 4.84. The van der Waals surface area contributed by atoms with E-state index in [1.54, 1.807) is 48.5 Å². The summed E-state index contributed by atoms with van der Waals surface area (Å²) >= 11 is 0. The topological polar surface area (TPSA) is 82.8 Å². The highest BCUT2D eigenvalue weighted by Gasteiger charge is 2.16. The van der Waals surface area contributed by atoms with Gasteiger partial charge in [0.15, 0.2) is 11.6 Å². The zero-order chi connectivity index (χ0) is 21.7. The Labute approximate surface area is 174 Å². The van der Waals surface area contributed by atoms with Crippen molar-refractivity contribution in [1.82, 2.24) is 0 Å². The number of hydrogen-bond donors (Lipinski definition) is 0. The number of hydrogen-bond acceptors (Lipinski definition) is 6. The summed E-state index contributed by atoms with van der Waals surface area (Å²) in [7, 11) is 0. The Morgan fingerprint density at radius 2 is 1.53 bits per heavy atom. The van der Waals surface area contributed by atoms with Gasteiger partial charge in [0, 0.05) is 22.3 Å². The SMILES string of the molecule is CCOc1ccc(C(C)=O)cc1COC(=O)c1ccc(-c2ccc(C(C)=O)cc2)o1. The summed E-state index contributed by atoms with van der Waals surface area (Å²) in [6, 6.07) is 15.1. The lowest BCUT2D eigenvalue weighted by Crippen LogP contribution is -2.07. The van der Waals surface area contributed by atoms with E-state index in [4.69, 9.17) is 13.9 Å². The molecule has 0 unspecified atom stereocenters. The molecule has 1 aromatic heterocycles. The Morgan fingerprint density at radius 3 is 2.17 bits per heavy atom. The maximum absolute atomic E-state index is 12.4. The van der Waals surface area contributed by atoms with Crippen LogP contribution in [-0.2, 0) is 11.3 Å². The molecule has 3 aromatic rings. The number of esters is 1. The molecule has 6 nitrogen and oxygen atoms in total. The molecule has 30 heavy (non-hydrogen) atoms. The Hall–Kier alpha value is -3.67. The molecule has 0 saturated carbocycles. The molecular weight excluding hydrogens is 384 g/mol. The average molecular weight is 406 g/mol. The molecule has 0 bridgehead atoms. The largest absolute Gasteiger partial charge is 0.493 e. The van der Waals surface area contributed by atoms with Crippen LogP contribution in [0.3, 0.4) is 0 Å². The molecular formula is C24H22O6. The summed E-state index contributed by atoms with van der Waals surface area (Å²) in [5.41, 5.74) is 2.46. The standard InChI is InChI=1S/C24H22O6/c1-4-28-21-10-9-19(16(3)26)13-20(21)14-29-24(27)23-12-11-22(30-23)18-7-5-17(6-8-18)15(2)25/h5-13H,4,14H2,1-3H3. The lowest BCUT2D eigenvalue weighted by atomic mass is 10.1. The fourth-order valence-corrected chi connectivity index (χ4v) is 2.89. The van der Waals surface area contributed by atoms with Gasteiger partial charge >= 0.3 is 5.97 Å². The van der Waals surface area contributed by atoms with Crippen LogP contribution in [0, 0.1) is 0 Å². The minimum absolute atomic E-state index is 0.0227. The molecule has 154 valence electrons. The van der Waals surface area contributed by atoms with E-state index in [1.807, 2.05) is 6.92 Å². The fraction of sp³-hybridized carbons (Fsp3) is 0.208. The van der Waals surface area contributed by atoms with Gasteiger partial charge in [-0.1, -0.05) is 24.3 Å². The van der Waals surface area contributed by atoms with Gasteiger partial charge in [-0.15, -0.1) is 0 Å². The van der Waals surface area contributed by atoms with Gasteiger partial charge in [0.1, 0.15) is 18.1 Å². The normalized spacial score (nSPS) is 10.5. The van der Waals surface area contributed by atoms with Gasteiger partial charge in [-0.25, -0.2) is 4.79 Å². The predicted molar refractivity (Wildman–Crippen MR) is 111 cm³/mol. The van der Waals surface area contributed by atoms with Gasteiger partial charge in [0.2, 0.25) is 5.76 Å². The van der Waals surface area contributed by atoms with Crippen LogP contribution in [0.1, 0.15) is 57.6 Å². The molecule has 0 radical (unpaired) electrons. The molecule has 6 heteroatoms. The molecule has 0 atom stereocenters. The third-order valence-corrected chi connectivity index (χ3v) is 4.51. The molecule has 0 N–H and O–H groups in total. The summed E-state index contributed by atoms with van der Waals surface area (Å²) < 4.78 is 16.5. The average Bonchev–Trinajstić information content (AvgIpc) is 3.23. The van der Waals surface area contributed by atoms with Crippen LogP contribution in [0.2, 0.25) is 0 Å². The van der Waals surface area contributed by atoms with E-state index in [-0.39, 0.29) is 23.9 Å². The minimum atomic E-state index is -0.628. The van der Waals surface area contributed by atoms with Gasteiger partial charge in [0.25, 0.3) is 0 Å². The molecule has 0 saturated heterocycles. The summed E-state index contributed by atoms with van der Waals surface area (Å²) in [5, 5.41) is 0. The number of carbonyl (C=O) groups is 3. The van der Waals surface area contributed by atoms with Crippen molar-refractivity contribution in [2.45, 2.75) is 27.4 Å². The number of rotatable bonds is 8. The minimum Gasteiger partial charge on any atom is -0.493 e. The van der Waals surface area contributed by atoms with E-state index in [2.05, 4.69) is 0 Å². The van der Waals surface area contributed by atoms with E-state index in [9.17, 15) is 14.4 Å².